The second-order valence-electron chi connectivity index (χ2n) is 4.03. The summed E-state index contributed by atoms with van der Waals surface area (Å²) >= 11 is 1.30. The summed E-state index contributed by atoms with van der Waals surface area (Å²) < 4.78 is 26.3. The van der Waals surface area contributed by atoms with Gasteiger partial charge in [-0.05, 0) is 19.9 Å². The summed E-state index contributed by atoms with van der Waals surface area (Å²) in [6.45, 7) is 3.46. The summed E-state index contributed by atoms with van der Waals surface area (Å²) in [6.07, 6.45) is 0. The molecule has 1 aromatic rings. The van der Waals surface area contributed by atoms with E-state index in [-0.39, 0.29) is 11.2 Å². The molecular weight excluding hydrogens is 258 g/mol. The van der Waals surface area contributed by atoms with Gasteiger partial charge in [-0.15, -0.1) is 0 Å². The van der Waals surface area contributed by atoms with Crippen LogP contribution in [0, 0.1) is 11.6 Å². The number of nitrogens with zero attached hydrogens (tertiary/aromatic N) is 1. The summed E-state index contributed by atoms with van der Waals surface area (Å²) in [5.74, 6) is -1.35. The number of carbonyl (C=O) groups is 1. The average Bonchev–Trinajstić information content (AvgIpc) is 2.57. The van der Waals surface area contributed by atoms with Crippen molar-refractivity contribution in [3.05, 3.63) is 35.4 Å². The first kappa shape index (κ1) is 13.0. The van der Waals surface area contributed by atoms with Crippen LogP contribution in [-0.4, -0.2) is 16.3 Å². The Kier molecular flexibility index (Phi) is 3.65. The van der Waals surface area contributed by atoms with Crippen LogP contribution in [0.15, 0.2) is 23.2 Å². The summed E-state index contributed by atoms with van der Waals surface area (Å²) in [5.41, 5.74) is 0.304. The van der Waals surface area contributed by atoms with Crippen molar-refractivity contribution in [2.24, 2.45) is 4.99 Å². The van der Waals surface area contributed by atoms with E-state index in [9.17, 15) is 13.6 Å². The van der Waals surface area contributed by atoms with E-state index in [1.54, 1.807) is 13.8 Å². The lowest BCUT2D eigenvalue weighted by Crippen LogP contribution is -2.23. The lowest BCUT2D eigenvalue weighted by Gasteiger charge is -2.09. The topological polar surface area (TPSA) is 41.5 Å². The van der Waals surface area contributed by atoms with Crippen molar-refractivity contribution >= 4 is 22.8 Å². The molecule has 6 heteroatoms. The van der Waals surface area contributed by atoms with Crippen LogP contribution in [0.25, 0.3) is 0 Å². The monoisotopic (exact) mass is 270 g/mol. The number of amides is 1. The lowest BCUT2D eigenvalue weighted by molar-refractivity contribution is -0.118. The Hall–Kier alpha value is -1.43. The highest BCUT2D eigenvalue weighted by Crippen LogP contribution is 2.25. The van der Waals surface area contributed by atoms with Crippen molar-refractivity contribution in [1.29, 1.82) is 0 Å². The van der Waals surface area contributed by atoms with Crippen LogP contribution >= 0.6 is 11.8 Å². The molecule has 18 heavy (non-hydrogen) atoms. The van der Waals surface area contributed by atoms with E-state index in [2.05, 4.69) is 10.3 Å². The van der Waals surface area contributed by atoms with Crippen LogP contribution in [0.1, 0.15) is 25.5 Å². The van der Waals surface area contributed by atoms with Gasteiger partial charge in [0, 0.05) is 11.6 Å². The van der Waals surface area contributed by atoms with Gasteiger partial charge in [-0.3, -0.25) is 9.79 Å². The molecule has 0 aliphatic carbocycles. The van der Waals surface area contributed by atoms with Crippen molar-refractivity contribution in [3.8, 4) is 0 Å². The van der Waals surface area contributed by atoms with Crippen LogP contribution in [0.5, 0.6) is 0 Å². The molecule has 2 atom stereocenters. The maximum atomic E-state index is 13.5. The first-order valence-electron chi connectivity index (χ1n) is 5.47. The van der Waals surface area contributed by atoms with Gasteiger partial charge >= 0.3 is 0 Å². The Morgan fingerprint density at radius 3 is 2.72 bits per heavy atom. The van der Waals surface area contributed by atoms with E-state index in [0.717, 1.165) is 6.07 Å². The van der Waals surface area contributed by atoms with E-state index in [4.69, 9.17) is 0 Å². The SMILES string of the molecule is CC1SC(=NC(C)c2ccc(F)cc2F)NC1=O. The maximum Gasteiger partial charge on any atom is 0.239 e. The van der Waals surface area contributed by atoms with Crippen molar-refractivity contribution in [2.75, 3.05) is 0 Å². The zero-order chi connectivity index (χ0) is 13.3. The molecule has 1 aliphatic rings. The van der Waals surface area contributed by atoms with Crippen molar-refractivity contribution in [2.45, 2.75) is 25.1 Å². The Labute approximate surface area is 108 Å². The van der Waals surface area contributed by atoms with E-state index in [0.29, 0.717) is 10.7 Å². The standard InChI is InChI=1S/C12H12F2N2OS/c1-6(9-4-3-8(13)5-10(9)14)15-12-16-11(17)7(2)18-12/h3-7H,1-2H3,(H,15,16,17). The number of benzene rings is 1. The van der Waals surface area contributed by atoms with Gasteiger partial charge in [0.25, 0.3) is 0 Å². The van der Waals surface area contributed by atoms with E-state index < -0.39 is 17.7 Å². The van der Waals surface area contributed by atoms with Crippen molar-refractivity contribution in [3.63, 3.8) is 0 Å². The number of rotatable bonds is 2. The molecule has 1 aromatic carbocycles. The first-order chi connectivity index (χ1) is 8.47. The molecule has 0 bridgehead atoms. The molecule has 1 saturated heterocycles. The number of nitrogens with one attached hydrogen (secondary N) is 1. The predicted molar refractivity (Wildman–Crippen MR) is 67.4 cm³/mol. The summed E-state index contributed by atoms with van der Waals surface area (Å²) in [6, 6.07) is 2.91. The average molecular weight is 270 g/mol. The fourth-order valence-electron chi connectivity index (χ4n) is 1.61. The van der Waals surface area contributed by atoms with Crippen LogP contribution < -0.4 is 5.32 Å². The van der Waals surface area contributed by atoms with E-state index in [1.807, 2.05) is 0 Å². The molecule has 1 amide bonds. The van der Waals surface area contributed by atoms with Gasteiger partial charge in [-0.1, -0.05) is 17.8 Å². The molecule has 2 rings (SSSR count). The predicted octanol–water partition coefficient (Wildman–Crippen LogP) is 2.63. The second-order valence-corrected chi connectivity index (χ2v) is 5.35. The molecule has 0 spiro atoms. The third-order valence-corrected chi connectivity index (χ3v) is 3.61. The number of thioether (sulfide) groups is 1. The Morgan fingerprint density at radius 2 is 2.17 bits per heavy atom. The normalized spacial score (nSPS) is 23.2. The highest BCUT2D eigenvalue weighted by Gasteiger charge is 2.26. The van der Waals surface area contributed by atoms with E-state index in [1.165, 1.54) is 23.9 Å². The second kappa shape index (κ2) is 5.06. The van der Waals surface area contributed by atoms with Gasteiger partial charge in [-0.2, -0.15) is 0 Å². The van der Waals surface area contributed by atoms with Gasteiger partial charge in [0.1, 0.15) is 11.6 Å². The van der Waals surface area contributed by atoms with Crippen molar-refractivity contribution < 1.29 is 13.6 Å². The zero-order valence-corrected chi connectivity index (χ0v) is 10.7. The lowest BCUT2D eigenvalue weighted by atomic mass is 10.1. The Morgan fingerprint density at radius 1 is 1.44 bits per heavy atom. The van der Waals surface area contributed by atoms with Gasteiger partial charge in [0.05, 0.1) is 11.3 Å². The highest BCUT2D eigenvalue weighted by molar-refractivity contribution is 8.15. The first-order valence-corrected chi connectivity index (χ1v) is 6.35. The molecule has 1 aliphatic heterocycles. The minimum atomic E-state index is -0.630. The number of halogens is 2. The van der Waals surface area contributed by atoms with Crippen molar-refractivity contribution in [1.82, 2.24) is 5.32 Å². The summed E-state index contributed by atoms with van der Waals surface area (Å²) in [7, 11) is 0. The smallest absolute Gasteiger partial charge is 0.239 e. The zero-order valence-electron chi connectivity index (χ0n) is 9.91. The third-order valence-electron chi connectivity index (χ3n) is 2.61. The van der Waals surface area contributed by atoms with Crippen LogP contribution in [0.2, 0.25) is 0 Å². The molecule has 0 saturated carbocycles. The molecule has 3 nitrogen and oxygen atoms in total. The Bertz CT molecular complexity index is 519. The third kappa shape index (κ3) is 2.69. The van der Waals surface area contributed by atoms with Gasteiger partial charge in [0.2, 0.25) is 5.91 Å². The number of carbonyl (C=O) groups excluding carboxylic acids is 1. The molecular formula is C12H12F2N2OS. The van der Waals surface area contributed by atoms with Crippen LogP contribution in [-0.2, 0) is 4.79 Å². The van der Waals surface area contributed by atoms with Gasteiger partial charge in [0.15, 0.2) is 5.17 Å². The number of amidine groups is 1. The summed E-state index contributed by atoms with van der Waals surface area (Å²) in [5, 5.41) is 2.90. The fraction of sp³-hybridized carbons (Fsp3) is 0.333. The molecule has 2 unspecified atom stereocenters. The molecule has 0 radical (unpaired) electrons. The number of hydrogen-bond acceptors (Lipinski definition) is 3. The minimum Gasteiger partial charge on any atom is -0.304 e. The largest absolute Gasteiger partial charge is 0.304 e. The number of hydrogen-bond donors (Lipinski definition) is 1. The number of aliphatic imine (C=N–C) groups is 1. The maximum absolute atomic E-state index is 13.5. The minimum absolute atomic E-state index is 0.106. The van der Waals surface area contributed by atoms with Gasteiger partial charge < -0.3 is 5.32 Å². The van der Waals surface area contributed by atoms with Crippen LogP contribution in [0.4, 0.5) is 8.78 Å². The summed E-state index contributed by atoms with van der Waals surface area (Å²) in [4.78, 5) is 15.5. The molecule has 1 heterocycles. The molecule has 0 aromatic heterocycles. The Balaban J connectivity index is 2.19. The molecule has 1 N–H and O–H groups in total. The van der Waals surface area contributed by atoms with E-state index >= 15 is 0 Å². The molecule has 1 fully saturated rings. The highest BCUT2D eigenvalue weighted by atomic mass is 32.2. The fourth-order valence-corrected chi connectivity index (χ4v) is 2.49. The van der Waals surface area contributed by atoms with Gasteiger partial charge in [-0.25, -0.2) is 8.78 Å². The molecule has 96 valence electrons. The van der Waals surface area contributed by atoms with Crippen LogP contribution in [0.3, 0.4) is 0 Å². The quantitative estimate of drug-likeness (QED) is 0.897.